The van der Waals surface area contributed by atoms with Crippen molar-refractivity contribution in [2.75, 3.05) is 42.6 Å². The summed E-state index contributed by atoms with van der Waals surface area (Å²) in [6.07, 6.45) is 4.00. The molecule has 1 aliphatic carbocycles. The molecule has 1 fully saturated rings. The molecule has 1 saturated carbocycles. The zero-order chi connectivity index (χ0) is 24.5. The topological polar surface area (TPSA) is 155 Å². The van der Waals surface area contributed by atoms with Gasteiger partial charge in [0.1, 0.15) is 11.6 Å². The van der Waals surface area contributed by atoms with Crippen LogP contribution in [0.4, 0.5) is 29.1 Å². The number of amides is 1. The van der Waals surface area contributed by atoms with Gasteiger partial charge in [0.05, 0.1) is 19.0 Å². The molecule has 0 spiro atoms. The number of aromatic amines is 1. The number of hydrogen-bond donors (Lipinski definition) is 6. The molecule has 182 valence electrons. The van der Waals surface area contributed by atoms with E-state index in [1.54, 1.807) is 13.1 Å². The van der Waals surface area contributed by atoms with Crippen LogP contribution in [0.25, 0.3) is 0 Å². The van der Waals surface area contributed by atoms with Crippen molar-refractivity contribution in [1.29, 1.82) is 5.26 Å². The molecule has 2 aromatic heterocycles. The van der Waals surface area contributed by atoms with Crippen LogP contribution in [0.3, 0.4) is 0 Å². The van der Waals surface area contributed by atoms with Crippen LogP contribution in [0.2, 0.25) is 0 Å². The molecule has 4 rings (SSSR count). The van der Waals surface area contributed by atoms with E-state index in [1.807, 2.05) is 30.3 Å². The number of H-pyrrole nitrogens is 1. The lowest BCUT2D eigenvalue weighted by Crippen LogP contribution is -2.35. The highest BCUT2D eigenvalue weighted by Gasteiger charge is 2.21. The monoisotopic (exact) mass is 474 g/mol. The molecule has 0 unspecified atom stereocenters. The number of carbonyl (C=O) groups excluding carboxylic acids is 1. The van der Waals surface area contributed by atoms with Crippen LogP contribution >= 0.6 is 0 Å². The number of rotatable bonds is 12. The zero-order valence-electron chi connectivity index (χ0n) is 19.7. The van der Waals surface area contributed by atoms with Crippen molar-refractivity contribution in [3.63, 3.8) is 0 Å². The number of anilines is 5. The molecule has 1 amide bonds. The number of nitrogens with zero attached hydrogens (tertiary/aromatic N) is 4. The third-order valence-corrected chi connectivity index (χ3v) is 5.71. The third kappa shape index (κ3) is 6.91. The van der Waals surface area contributed by atoms with Gasteiger partial charge in [-0.25, -0.2) is 0 Å². The number of carbonyl (C=O) groups is 1. The minimum Gasteiger partial charge on any atom is -0.368 e. The molecule has 35 heavy (non-hydrogen) atoms. The van der Waals surface area contributed by atoms with Crippen molar-refractivity contribution >= 4 is 35.0 Å². The number of nitrogens with one attached hydrogen (secondary N) is 6. The molecular formula is C24H30N10O. The lowest BCUT2D eigenvalue weighted by molar-refractivity contribution is -0.120. The Balaban J connectivity index is 1.46. The van der Waals surface area contributed by atoms with Crippen molar-refractivity contribution in [1.82, 2.24) is 30.8 Å². The summed E-state index contributed by atoms with van der Waals surface area (Å²) in [6, 6.07) is 13.5. The fraction of sp³-hybridized carbons (Fsp3) is 0.375. The van der Waals surface area contributed by atoms with E-state index < -0.39 is 0 Å². The lowest BCUT2D eigenvalue weighted by Gasteiger charge is -2.23. The molecule has 11 heteroatoms. The van der Waals surface area contributed by atoms with Crippen LogP contribution < -0.4 is 26.6 Å². The second-order valence-electron chi connectivity index (χ2n) is 8.39. The van der Waals surface area contributed by atoms with E-state index in [1.165, 1.54) is 19.3 Å². The van der Waals surface area contributed by atoms with Crippen LogP contribution in [0.1, 0.15) is 36.4 Å². The minimum absolute atomic E-state index is 0.0673. The number of hydrogen-bond acceptors (Lipinski definition) is 9. The van der Waals surface area contributed by atoms with Crippen molar-refractivity contribution in [3.8, 4) is 6.07 Å². The number of likely N-dealkylation sites (N-methyl/N-ethyl adjacent to an activating group) is 1. The van der Waals surface area contributed by atoms with Gasteiger partial charge in [-0.3, -0.25) is 9.89 Å². The van der Waals surface area contributed by atoms with Crippen molar-refractivity contribution in [2.45, 2.75) is 31.6 Å². The Morgan fingerprint density at radius 1 is 1.09 bits per heavy atom. The fourth-order valence-electron chi connectivity index (χ4n) is 3.66. The van der Waals surface area contributed by atoms with E-state index in [0.29, 0.717) is 48.8 Å². The summed E-state index contributed by atoms with van der Waals surface area (Å²) in [4.78, 5) is 20.8. The summed E-state index contributed by atoms with van der Waals surface area (Å²) in [5.41, 5.74) is 2.89. The maximum Gasteiger partial charge on any atom is 0.234 e. The summed E-state index contributed by atoms with van der Waals surface area (Å²) in [5, 5.41) is 31.7. The van der Waals surface area contributed by atoms with Crippen LogP contribution in [0.5, 0.6) is 0 Å². The van der Waals surface area contributed by atoms with Gasteiger partial charge < -0.3 is 26.6 Å². The Bertz CT molecular complexity index is 1160. The van der Waals surface area contributed by atoms with Crippen LogP contribution in [0.15, 0.2) is 36.4 Å². The predicted molar refractivity (Wildman–Crippen MR) is 135 cm³/mol. The van der Waals surface area contributed by atoms with Crippen molar-refractivity contribution in [2.24, 2.45) is 0 Å². The molecule has 0 aliphatic heterocycles. The highest BCUT2D eigenvalue weighted by atomic mass is 16.1. The van der Waals surface area contributed by atoms with Gasteiger partial charge in [0.2, 0.25) is 11.9 Å². The Hall–Kier alpha value is -4.17. The Kier molecular flexibility index (Phi) is 8.08. The summed E-state index contributed by atoms with van der Waals surface area (Å²) in [6.45, 7) is 1.23. The molecule has 11 nitrogen and oxygen atoms in total. The van der Waals surface area contributed by atoms with Gasteiger partial charge in [-0.2, -0.15) is 20.3 Å². The van der Waals surface area contributed by atoms with Crippen LogP contribution in [-0.4, -0.2) is 52.8 Å². The van der Waals surface area contributed by atoms with E-state index in [0.717, 1.165) is 16.9 Å². The largest absolute Gasteiger partial charge is 0.368 e. The van der Waals surface area contributed by atoms with E-state index in [4.69, 9.17) is 5.26 Å². The van der Waals surface area contributed by atoms with E-state index in [-0.39, 0.29) is 12.5 Å². The molecule has 1 aromatic carbocycles. The SMILES string of the molecule is CNCC(=O)NCCNc1cc(Nc2cc(C3CCC3)[nH]n2)nc(Nc2ccc(CC#N)cc2)n1. The van der Waals surface area contributed by atoms with Crippen LogP contribution in [0, 0.1) is 11.3 Å². The molecule has 2 heterocycles. The third-order valence-electron chi connectivity index (χ3n) is 5.71. The van der Waals surface area contributed by atoms with Crippen molar-refractivity contribution < 1.29 is 4.79 Å². The lowest BCUT2D eigenvalue weighted by atomic mass is 9.83. The maximum atomic E-state index is 11.6. The van der Waals surface area contributed by atoms with E-state index in [9.17, 15) is 4.79 Å². The van der Waals surface area contributed by atoms with Gasteiger partial charge in [-0.1, -0.05) is 18.6 Å². The molecule has 0 saturated heterocycles. The smallest absolute Gasteiger partial charge is 0.234 e. The molecule has 0 bridgehead atoms. The molecule has 0 atom stereocenters. The van der Waals surface area contributed by atoms with Gasteiger partial charge in [0, 0.05) is 42.5 Å². The predicted octanol–water partition coefficient (Wildman–Crippen LogP) is 2.77. The van der Waals surface area contributed by atoms with E-state index in [2.05, 4.69) is 52.8 Å². The number of benzene rings is 1. The average molecular weight is 475 g/mol. The molecule has 0 radical (unpaired) electrons. The molecule has 3 aromatic rings. The van der Waals surface area contributed by atoms with Gasteiger partial charge in [-0.15, -0.1) is 0 Å². The standard InChI is InChI=1S/C24H30N10O/c1-26-15-23(35)28-12-11-27-20-14-21(30-22-13-19(33-34-22)17-3-2-4-17)32-24(31-20)29-18-7-5-16(6-8-18)9-10-25/h5-8,13-14,17,26H,2-4,9,11-12,15H2,1H3,(H,28,35)(H4,27,29,30,31,32,33,34). The summed E-state index contributed by atoms with van der Waals surface area (Å²) in [5.74, 6) is 2.77. The molecule has 1 aliphatic rings. The Labute approximate surface area is 204 Å². The first-order valence-electron chi connectivity index (χ1n) is 11.7. The highest BCUT2D eigenvalue weighted by Crippen LogP contribution is 2.36. The summed E-state index contributed by atoms with van der Waals surface area (Å²) >= 11 is 0. The van der Waals surface area contributed by atoms with E-state index >= 15 is 0 Å². The average Bonchev–Trinajstić information content (AvgIpc) is 3.24. The summed E-state index contributed by atoms with van der Waals surface area (Å²) < 4.78 is 0. The van der Waals surface area contributed by atoms with Crippen molar-refractivity contribution in [3.05, 3.63) is 47.7 Å². The van der Waals surface area contributed by atoms with Crippen LogP contribution in [-0.2, 0) is 11.2 Å². The van der Waals surface area contributed by atoms with Gasteiger partial charge in [0.25, 0.3) is 0 Å². The Morgan fingerprint density at radius 2 is 1.89 bits per heavy atom. The second kappa shape index (κ2) is 11.8. The molecular weight excluding hydrogens is 444 g/mol. The van der Waals surface area contributed by atoms with Gasteiger partial charge in [-0.05, 0) is 37.6 Å². The zero-order valence-corrected chi connectivity index (χ0v) is 19.7. The minimum atomic E-state index is -0.0673. The molecule has 6 N–H and O–H groups in total. The number of nitriles is 1. The first-order valence-corrected chi connectivity index (χ1v) is 11.7. The first-order chi connectivity index (χ1) is 17.1. The van der Waals surface area contributed by atoms with Gasteiger partial charge >= 0.3 is 0 Å². The highest BCUT2D eigenvalue weighted by molar-refractivity contribution is 5.77. The second-order valence-corrected chi connectivity index (χ2v) is 8.39. The van der Waals surface area contributed by atoms with Gasteiger partial charge in [0.15, 0.2) is 5.82 Å². The maximum absolute atomic E-state index is 11.6. The first kappa shape index (κ1) is 24.0. The quantitative estimate of drug-likeness (QED) is 0.217. The fourth-order valence-corrected chi connectivity index (χ4v) is 3.66. The Morgan fingerprint density at radius 3 is 2.60 bits per heavy atom. The number of aromatic nitrogens is 4. The normalized spacial score (nSPS) is 12.9. The summed E-state index contributed by atoms with van der Waals surface area (Å²) in [7, 11) is 1.73.